The van der Waals surface area contributed by atoms with Gasteiger partial charge in [0, 0.05) is 11.8 Å². The van der Waals surface area contributed by atoms with Crippen molar-refractivity contribution in [3.63, 3.8) is 0 Å². The number of hydrogen-bond acceptors (Lipinski definition) is 4. The number of hydrogen-bond donors (Lipinski definition) is 2. The fraction of sp³-hybridized carbons (Fsp3) is 0.333. The number of nitrogens with one attached hydrogen (secondary N) is 2. The fourth-order valence-electron chi connectivity index (χ4n) is 0.709. The van der Waals surface area contributed by atoms with Crippen molar-refractivity contribution in [3.8, 4) is 0 Å². The van der Waals surface area contributed by atoms with Crippen LogP contribution in [0.25, 0.3) is 0 Å². The highest BCUT2D eigenvalue weighted by atomic mass is 32.2. The molecule has 0 spiro atoms. The molecule has 0 aliphatic carbocycles. The van der Waals surface area contributed by atoms with Gasteiger partial charge in [-0.05, 0) is 6.08 Å². The molecule has 0 saturated carbocycles. The zero-order chi connectivity index (χ0) is 12.6. The summed E-state index contributed by atoms with van der Waals surface area (Å²) in [5.74, 6) is -1.17. The Morgan fingerprint density at radius 3 is 2.31 bits per heavy atom. The Morgan fingerprint density at radius 1 is 1.19 bits per heavy atom. The van der Waals surface area contributed by atoms with Crippen molar-refractivity contribution in [2.45, 2.75) is 6.42 Å². The first-order valence-corrected chi connectivity index (χ1v) is 6.15. The third-order valence-corrected chi connectivity index (χ3v) is 2.88. The lowest BCUT2D eigenvalue weighted by Crippen LogP contribution is -2.36. The zero-order valence-electron chi connectivity index (χ0n) is 8.73. The standard InChI is InChI=1S/C9H14N2O4S/c1-3-8(12)10-7-11-9(13)5-6-16(14,15)4-2/h3-4H,1-2,5-7H2,(H,10,12)(H,11,13). The highest BCUT2D eigenvalue weighted by Crippen LogP contribution is 1.93. The third-order valence-electron chi connectivity index (χ3n) is 1.60. The first-order chi connectivity index (χ1) is 7.41. The second kappa shape index (κ2) is 6.78. The molecule has 0 bridgehead atoms. The van der Waals surface area contributed by atoms with Gasteiger partial charge in [0.1, 0.15) is 0 Å². The Morgan fingerprint density at radius 2 is 1.81 bits per heavy atom. The van der Waals surface area contributed by atoms with Gasteiger partial charge in [0.15, 0.2) is 9.84 Å². The van der Waals surface area contributed by atoms with E-state index in [1.165, 1.54) is 0 Å². The van der Waals surface area contributed by atoms with Crippen LogP contribution < -0.4 is 10.6 Å². The van der Waals surface area contributed by atoms with Gasteiger partial charge in [0.05, 0.1) is 12.4 Å². The van der Waals surface area contributed by atoms with E-state index in [9.17, 15) is 18.0 Å². The second-order valence-corrected chi connectivity index (χ2v) is 4.87. The first kappa shape index (κ1) is 14.4. The van der Waals surface area contributed by atoms with Crippen LogP contribution >= 0.6 is 0 Å². The van der Waals surface area contributed by atoms with Gasteiger partial charge in [-0.2, -0.15) is 0 Å². The molecule has 2 N–H and O–H groups in total. The van der Waals surface area contributed by atoms with Crippen LogP contribution in [0.5, 0.6) is 0 Å². The molecule has 0 aromatic carbocycles. The Bertz CT molecular complexity index is 386. The Labute approximate surface area is 94.3 Å². The van der Waals surface area contributed by atoms with E-state index in [0.717, 1.165) is 11.5 Å². The van der Waals surface area contributed by atoms with Crippen LogP contribution in [0.15, 0.2) is 24.6 Å². The summed E-state index contributed by atoms with van der Waals surface area (Å²) in [4.78, 5) is 21.8. The lowest BCUT2D eigenvalue weighted by Gasteiger charge is -2.04. The van der Waals surface area contributed by atoms with Gasteiger partial charge in [-0.25, -0.2) is 8.42 Å². The van der Waals surface area contributed by atoms with Crippen LogP contribution in [-0.4, -0.2) is 32.7 Å². The van der Waals surface area contributed by atoms with Crippen molar-refractivity contribution in [1.29, 1.82) is 0 Å². The molecule has 0 saturated heterocycles. The molecule has 0 heterocycles. The molecule has 0 fully saturated rings. The maximum absolute atomic E-state index is 11.1. The Balaban J connectivity index is 3.80. The van der Waals surface area contributed by atoms with Crippen LogP contribution in [0.3, 0.4) is 0 Å². The van der Waals surface area contributed by atoms with E-state index < -0.39 is 21.7 Å². The van der Waals surface area contributed by atoms with Gasteiger partial charge in [-0.1, -0.05) is 13.2 Å². The van der Waals surface area contributed by atoms with Crippen LogP contribution in [0.4, 0.5) is 0 Å². The SMILES string of the molecule is C=CC(=O)NCNC(=O)CCS(=O)(=O)C=C. The van der Waals surface area contributed by atoms with Gasteiger partial charge < -0.3 is 10.6 Å². The van der Waals surface area contributed by atoms with Crippen molar-refractivity contribution >= 4 is 21.7 Å². The van der Waals surface area contributed by atoms with E-state index in [-0.39, 0.29) is 18.8 Å². The highest BCUT2D eigenvalue weighted by molar-refractivity contribution is 7.94. The lowest BCUT2D eigenvalue weighted by atomic mass is 10.4. The van der Waals surface area contributed by atoms with Gasteiger partial charge >= 0.3 is 0 Å². The predicted molar refractivity (Wildman–Crippen MR) is 60.0 cm³/mol. The monoisotopic (exact) mass is 246 g/mol. The number of carbonyl (C=O) groups is 2. The molecule has 0 aliphatic heterocycles. The van der Waals surface area contributed by atoms with Crippen molar-refractivity contribution in [2.24, 2.45) is 0 Å². The second-order valence-electron chi connectivity index (χ2n) is 2.81. The van der Waals surface area contributed by atoms with Crippen LogP contribution in [0.2, 0.25) is 0 Å². The minimum atomic E-state index is -3.36. The number of amides is 2. The Kier molecular flexibility index (Phi) is 6.09. The Hall–Kier alpha value is -1.63. The van der Waals surface area contributed by atoms with Crippen molar-refractivity contribution < 1.29 is 18.0 Å². The zero-order valence-corrected chi connectivity index (χ0v) is 9.55. The van der Waals surface area contributed by atoms with Gasteiger partial charge in [0.2, 0.25) is 11.8 Å². The normalized spacial score (nSPS) is 10.2. The van der Waals surface area contributed by atoms with Crippen LogP contribution in [-0.2, 0) is 19.4 Å². The summed E-state index contributed by atoms with van der Waals surface area (Å²) in [7, 11) is -3.36. The maximum Gasteiger partial charge on any atom is 0.244 e. The van der Waals surface area contributed by atoms with Crippen LogP contribution in [0.1, 0.15) is 6.42 Å². The van der Waals surface area contributed by atoms with E-state index >= 15 is 0 Å². The smallest absolute Gasteiger partial charge is 0.244 e. The van der Waals surface area contributed by atoms with E-state index in [4.69, 9.17) is 0 Å². The molecular formula is C9H14N2O4S. The minimum absolute atomic E-state index is 0.0577. The first-order valence-electron chi connectivity index (χ1n) is 4.43. The quantitative estimate of drug-likeness (QED) is 0.459. The van der Waals surface area contributed by atoms with Gasteiger partial charge in [-0.3, -0.25) is 9.59 Å². The van der Waals surface area contributed by atoms with Crippen molar-refractivity contribution in [3.05, 3.63) is 24.6 Å². The number of carbonyl (C=O) groups excluding carboxylic acids is 2. The summed E-state index contributed by atoms with van der Waals surface area (Å²) in [6.07, 6.45) is 0.895. The minimum Gasteiger partial charge on any atom is -0.339 e. The van der Waals surface area contributed by atoms with E-state index in [0.29, 0.717) is 0 Å². The molecule has 2 amide bonds. The van der Waals surface area contributed by atoms with Crippen molar-refractivity contribution in [1.82, 2.24) is 10.6 Å². The molecule has 16 heavy (non-hydrogen) atoms. The molecule has 0 radical (unpaired) electrons. The van der Waals surface area contributed by atoms with E-state index in [2.05, 4.69) is 23.8 Å². The third kappa shape index (κ3) is 6.77. The average Bonchev–Trinajstić information content (AvgIpc) is 2.26. The summed E-state index contributed by atoms with van der Waals surface area (Å²) in [5, 5.41) is 5.45. The number of rotatable bonds is 7. The maximum atomic E-state index is 11.1. The molecule has 0 unspecified atom stereocenters. The summed E-state index contributed by atoms with van der Waals surface area (Å²) in [6, 6.07) is 0. The molecule has 0 aromatic heterocycles. The molecule has 0 rings (SSSR count). The van der Waals surface area contributed by atoms with Gasteiger partial charge in [0.25, 0.3) is 0 Å². The molecule has 0 aliphatic rings. The molecule has 7 heteroatoms. The summed E-state index contributed by atoms with van der Waals surface area (Å²) >= 11 is 0. The number of sulfone groups is 1. The molecule has 0 aromatic rings. The topological polar surface area (TPSA) is 92.3 Å². The summed E-state index contributed by atoms with van der Waals surface area (Å²) < 4.78 is 21.9. The van der Waals surface area contributed by atoms with E-state index in [1.54, 1.807) is 0 Å². The van der Waals surface area contributed by atoms with Crippen LogP contribution in [0, 0.1) is 0 Å². The molecule has 0 atom stereocenters. The molecular weight excluding hydrogens is 232 g/mol. The van der Waals surface area contributed by atoms with Gasteiger partial charge in [-0.15, -0.1) is 0 Å². The van der Waals surface area contributed by atoms with E-state index in [1.807, 2.05) is 0 Å². The van der Waals surface area contributed by atoms with Crippen molar-refractivity contribution in [2.75, 3.05) is 12.4 Å². The summed E-state index contributed by atoms with van der Waals surface area (Å²) in [6.45, 7) is 6.28. The molecule has 6 nitrogen and oxygen atoms in total. The lowest BCUT2D eigenvalue weighted by molar-refractivity contribution is -0.121. The fourth-order valence-corrected chi connectivity index (χ4v) is 1.35. The molecule has 90 valence electrons. The largest absolute Gasteiger partial charge is 0.339 e. The average molecular weight is 246 g/mol. The predicted octanol–water partition coefficient (Wildman–Crippen LogP) is -0.689. The summed E-state index contributed by atoms with van der Waals surface area (Å²) in [5.41, 5.74) is 0. The highest BCUT2D eigenvalue weighted by Gasteiger charge is 2.08.